The fraction of sp³-hybridized carbons (Fsp3) is 0.391. The normalized spacial score (nSPS) is 19.1. The average Bonchev–Trinajstić information content (AvgIpc) is 2.60. The van der Waals surface area contributed by atoms with Crippen molar-refractivity contribution in [3.63, 3.8) is 0 Å². The first-order valence-electron chi connectivity index (χ1n) is 9.35. The van der Waals surface area contributed by atoms with Crippen LogP contribution in [0.2, 0.25) is 10.0 Å². The van der Waals surface area contributed by atoms with Crippen LogP contribution < -0.4 is 0 Å². The molecule has 1 saturated heterocycles. The summed E-state index contributed by atoms with van der Waals surface area (Å²) >= 11 is 12.4. The topological polar surface area (TPSA) is 43.4 Å². The van der Waals surface area contributed by atoms with Crippen LogP contribution in [0, 0.1) is 0 Å². The van der Waals surface area contributed by atoms with Crippen molar-refractivity contribution in [2.24, 2.45) is 0 Å². The van der Waals surface area contributed by atoms with Crippen LogP contribution >= 0.6 is 23.2 Å². The maximum absolute atomic E-state index is 13.1. The van der Waals surface area contributed by atoms with E-state index in [1.165, 1.54) is 0 Å². The maximum Gasteiger partial charge on any atom is 0.179 e. The number of halogens is 2. The summed E-state index contributed by atoms with van der Waals surface area (Å²) in [4.78, 5) is 26.2. The standard InChI is InChI=1S/C23H24Cl2O3/c1-6-13-11-14(16-10-8-15(24)12-18(16)25)7-9-17(13)19-20(26)22(2,3)28-23(4,5)21(19)27/h7-12,19H,6H2,1-5H3. The molecule has 148 valence electrons. The van der Waals surface area contributed by atoms with Gasteiger partial charge in [-0.15, -0.1) is 0 Å². The molecular weight excluding hydrogens is 395 g/mol. The lowest BCUT2D eigenvalue weighted by Crippen LogP contribution is -2.58. The summed E-state index contributed by atoms with van der Waals surface area (Å²) in [5.74, 6) is -1.24. The van der Waals surface area contributed by atoms with Crippen LogP contribution in [0.25, 0.3) is 11.1 Å². The predicted octanol–water partition coefficient (Wildman–Crippen LogP) is 6.03. The minimum absolute atomic E-state index is 0.205. The smallest absolute Gasteiger partial charge is 0.179 e. The molecule has 0 N–H and O–H groups in total. The van der Waals surface area contributed by atoms with Gasteiger partial charge in [-0.25, -0.2) is 0 Å². The van der Waals surface area contributed by atoms with E-state index in [0.717, 1.165) is 22.3 Å². The lowest BCUT2D eigenvalue weighted by atomic mass is 9.73. The summed E-state index contributed by atoms with van der Waals surface area (Å²) < 4.78 is 5.80. The molecule has 1 aliphatic heterocycles. The van der Waals surface area contributed by atoms with Crippen LogP contribution in [0.15, 0.2) is 36.4 Å². The number of ether oxygens (including phenoxy) is 1. The Bertz CT molecular complexity index is 934. The van der Waals surface area contributed by atoms with Gasteiger partial charge in [-0.05, 0) is 62.9 Å². The van der Waals surface area contributed by atoms with Crippen molar-refractivity contribution in [2.45, 2.75) is 58.2 Å². The highest BCUT2D eigenvalue weighted by molar-refractivity contribution is 6.36. The van der Waals surface area contributed by atoms with Crippen molar-refractivity contribution in [1.82, 2.24) is 0 Å². The molecule has 3 rings (SSSR count). The summed E-state index contributed by atoms with van der Waals surface area (Å²) in [7, 11) is 0. The van der Waals surface area contributed by atoms with Gasteiger partial charge in [-0.3, -0.25) is 9.59 Å². The second-order valence-electron chi connectivity index (χ2n) is 8.18. The van der Waals surface area contributed by atoms with E-state index in [2.05, 4.69) is 0 Å². The number of Topliss-reactive ketones (excluding diaryl/α,β-unsaturated/α-hetero) is 2. The first kappa shape index (κ1) is 21.0. The van der Waals surface area contributed by atoms with E-state index in [4.69, 9.17) is 27.9 Å². The van der Waals surface area contributed by atoms with Gasteiger partial charge in [0.05, 0.1) is 0 Å². The fourth-order valence-electron chi connectivity index (χ4n) is 3.92. The summed E-state index contributed by atoms with van der Waals surface area (Å²) in [6.07, 6.45) is 0.688. The third-order valence-corrected chi connectivity index (χ3v) is 5.85. The molecule has 1 aliphatic rings. The maximum atomic E-state index is 13.1. The Morgan fingerprint density at radius 2 is 1.54 bits per heavy atom. The second kappa shape index (κ2) is 7.29. The van der Waals surface area contributed by atoms with Crippen LogP contribution in [0.5, 0.6) is 0 Å². The zero-order valence-corrected chi connectivity index (χ0v) is 18.2. The molecule has 0 saturated carbocycles. The summed E-state index contributed by atoms with van der Waals surface area (Å²) in [5, 5.41) is 1.13. The Morgan fingerprint density at radius 3 is 2.07 bits per heavy atom. The van der Waals surface area contributed by atoms with Crippen LogP contribution in [0.1, 0.15) is 51.7 Å². The molecule has 0 aromatic heterocycles. The quantitative estimate of drug-likeness (QED) is 0.571. The van der Waals surface area contributed by atoms with Crippen molar-refractivity contribution in [3.8, 4) is 11.1 Å². The van der Waals surface area contributed by atoms with E-state index < -0.39 is 17.1 Å². The van der Waals surface area contributed by atoms with E-state index in [1.807, 2.05) is 31.2 Å². The first-order valence-corrected chi connectivity index (χ1v) is 10.1. The minimum atomic E-state index is -1.02. The molecule has 28 heavy (non-hydrogen) atoms. The molecule has 0 bridgehead atoms. The van der Waals surface area contributed by atoms with Crippen LogP contribution in [0.3, 0.4) is 0 Å². The predicted molar refractivity (Wildman–Crippen MR) is 113 cm³/mol. The number of carbonyl (C=O) groups excluding carboxylic acids is 2. The Balaban J connectivity index is 2.12. The molecule has 0 radical (unpaired) electrons. The summed E-state index contributed by atoms with van der Waals surface area (Å²) in [6, 6.07) is 11.1. The van der Waals surface area contributed by atoms with Crippen molar-refractivity contribution < 1.29 is 14.3 Å². The van der Waals surface area contributed by atoms with E-state index >= 15 is 0 Å². The van der Waals surface area contributed by atoms with E-state index in [0.29, 0.717) is 16.5 Å². The highest BCUT2D eigenvalue weighted by Gasteiger charge is 2.53. The molecule has 3 nitrogen and oxygen atoms in total. The third-order valence-electron chi connectivity index (χ3n) is 5.30. The molecule has 2 aromatic rings. The summed E-state index contributed by atoms with van der Waals surface area (Å²) in [6.45, 7) is 8.92. The number of benzene rings is 2. The van der Waals surface area contributed by atoms with Crippen LogP contribution in [-0.2, 0) is 20.7 Å². The van der Waals surface area contributed by atoms with E-state index in [-0.39, 0.29) is 11.6 Å². The van der Waals surface area contributed by atoms with Crippen LogP contribution in [-0.4, -0.2) is 22.8 Å². The van der Waals surface area contributed by atoms with Crippen molar-refractivity contribution in [1.29, 1.82) is 0 Å². The molecule has 0 amide bonds. The number of carbonyl (C=O) groups is 2. The van der Waals surface area contributed by atoms with E-state index in [1.54, 1.807) is 39.8 Å². The number of hydrogen-bond acceptors (Lipinski definition) is 3. The van der Waals surface area contributed by atoms with Gasteiger partial charge < -0.3 is 4.74 Å². The zero-order chi connectivity index (χ0) is 20.9. The van der Waals surface area contributed by atoms with Gasteiger partial charge in [0.1, 0.15) is 17.1 Å². The largest absolute Gasteiger partial charge is 0.354 e. The van der Waals surface area contributed by atoms with Gasteiger partial charge in [0, 0.05) is 15.6 Å². The highest BCUT2D eigenvalue weighted by atomic mass is 35.5. The molecule has 1 fully saturated rings. The van der Waals surface area contributed by atoms with Gasteiger partial charge in [0.25, 0.3) is 0 Å². The number of hydrogen-bond donors (Lipinski definition) is 0. The Morgan fingerprint density at radius 1 is 0.929 bits per heavy atom. The average molecular weight is 419 g/mol. The van der Waals surface area contributed by atoms with Gasteiger partial charge in [-0.1, -0.05) is 54.4 Å². The highest BCUT2D eigenvalue weighted by Crippen LogP contribution is 2.41. The van der Waals surface area contributed by atoms with Crippen molar-refractivity contribution in [3.05, 3.63) is 57.6 Å². The van der Waals surface area contributed by atoms with Gasteiger partial charge in [0.15, 0.2) is 11.6 Å². The molecular formula is C23H24Cl2O3. The number of ketones is 2. The molecule has 0 aliphatic carbocycles. The van der Waals surface area contributed by atoms with Gasteiger partial charge >= 0.3 is 0 Å². The zero-order valence-electron chi connectivity index (χ0n) is 16.7. The summed E-state index contributed by atoms with van der Waals surface area (Å²) in [5.41, 5.74) is 1.43. The number of rotatable bonds is 3. The third kappa shape index (κ3) is 3.63. The second-order valence-corrected chi connectivity index (χ2v) is 9.02. The molecule has 5 heteroatoms. The molecule has 0 atom stereocenters. The molecule has 1 heterocycles. The van der Waals surface area contributed by atoms with Gasteiger partial charge in [0.2, 0.25) is 0 Å². The fourth-order valence-corrected chi connectivity index (χ4v) is 4.44. The molecule has 0 unspecified atom stereocenters. The Hall–Kier alpha value is -1.68. The molecule has 0 spiro atoms. The van der Waals surface area contributed by atoms with Crippen molar-refractivity contribution >= 4 is 34.8 Å². The minimum Gasteiger partial charge on any atom is -0.354 e. The molecule has 2 aromatic carbocycles. The van der Waals surface area contributed by atoms with Gasteiger partial charge in [-0.2, -0.15) is 0 Å². The van der Waals surface area contributed by atoms with Crippen molar-refractivity contribution in [2.75, 3.05) is 0 Å². The lowest BCUT2D eigenvalue weighted by molar-refractivity contribution is -0.184. The Kier molecular flexibility index (Phi) is 5.48. The SMILES string of the molecule is CCc1cc(-c2ccc(Cl)cc2Cl)ccc1C1C(=O)C(C)(C)OC(C)(C)C1=O. The van der Waals surface area contributed by atoms with Crippen LogP contribution in [0.4, 0.5) is 0 Å². The van der Waals surface area contributed by atoms with E-state index in [9.17, 15) is 9.59 Å². The Labute approximate surface area is 176 Å². The lowest BCUT2D eigenvalue weighted by Gasteiger charge is -2.43. The number of aryl methyl sites for hydroxylation is 1. The first-order chi connectivity index (χ1) is 13.0. The monoisotopic (exact) mass is 418 g/mol.